The van der Waals surface area contributed by atoms with Gasteiger partial charge >= 0.3 is 12.6 Å². The molecule has 0 atom stereocenters. The number of benzene rings is 2. The maximum absolute atomic E-state index is 12.7. The summed E-state index contributed by atoms with van der Waals surface area (Å²) in [5, 5.41) is 2.42. The second kappa shape index (κ2) is 12.0. The number of hydrogen-bond donors (Lipinski definition) is 2. The van der Waals surface area contributed by atoms with Gasteiger partial charge in [0.05, 0.1) is 32.6 Å². The highest BCUT2D eigenvalue weighted by Crippen LogP contribution is 2.35. The molecule has 0 aliphatic rings. The Morgan fingerprint density at radius 1 is 1.00 bits per heavy atom. The molecule has 0 bridgehead atoms. The summed E-state index contributed by atoms with van der Waals surface area (Å²) in [6.45, 7) is -3.50. The van der Waals surface area contributed by atoms with Gasteiger partial charge in [0.25, 0.3) is 5.91 Å². The molecule has 0 aliphatic carbocycles. The van der Waals surface area contributed by atoms with Crippen molar-refractivity contribution in [3.8, 4) is 23.0 Å². The number of hydrogen-bond acceptors (Lipinski definition) is 8. The molecule has 3 N–H and O–H groups in total. The van der Waals surface area contributed by atoms with Crippen LogP contribution < -0.4 is 30.0 Å². The molecule has 2 aromatic rings. The highest BCUT2D eigenvalue weighted by molar-refractivity contribution is 6.07. The smallest absolute Gasteiger partial charge is 0.387 e. The van der Waals surface area contributed by atoms with Crippen molar-refractivity contribution >= 4 is 29.5 Å². The first-order valence-electron chi connectivity index (χ1n) is 9.51. The number of amides is 2. The number of carbonyl (C=O) groups is 3. The van der Waals surface area contributed by atoms with Gasteiger partial charge in [-0.1, -0.05) is 6.07 Å². The van der Waals surface area contributed by atoms with Crippen LogP contribution >= 0.6 is 0 Å². The molecule has 0 aromatic heterocycles. The maximum atomic E-state index is 12.7. The number of anilines is 1. The number of carbonyl (C=O) groups excluding carboxylic acids is 3. The van der Waals surface area contributed by atoms with Crippen molar-refractivity contribution in [2.75, 3.05) is 33.3 Å². The van der Waals surface area contributed by atoms with Gasteiger partial charge in [0.1, 0.15) is 0 Å². The van der Waals surface area contributed by atoms with Gasteiger partial charge in [-0.3, -0.25) is 9.59 Å². The molecule has 0 unspecified atom stereocenters. The predicted octanol–water partition coefficient (Wildman–Crippen LogP) is 2.61. The van der Waals surface area contributed by atoms with Crippen molar-refractivity contribution < 1.29 is 46.8 Å². The van der Waals surface area contributed by atoms with Gasteiger partial charge in [0, 0.05) is 18.2 Å². The second-order valence-electron chi connectivity index (χ2n) is 6.41. The molecular weight excluding hydrogens is 458 g/mol. The molecule has 0 aliphatic heterocycles. The number of esters is 1. The minimum Gasteiger partial charge on any atom is -0.493 e. The monoisotopic (exact) mass is 480 g/mol. The molecule has 12 heteroatoms. The quantitative estimate of drug-likeness (QED) is 0.370. The lowest BCUT2D eigenvalue weighted by atomic mass is 10.1. The van der Waals surface area contributed by atoms with E-state index in [1.54, 1.807) is 12.1 Å². The lowest BCUT2D eigenvalue weighted by Crippen LogP contribution is -2.20. The lowest BCUT2D eigenvalue weighted by molar-refractivity contribution is -0.120. The summed E-state index contributed by atoms with van der Waals surface area (Å²) >= 11 is 0. The van der Waals surface area contributed by atoms with Gasteiger partial charge in [-0.2, -0.15) is 8.78 Å². The number of alkyl halides is 2. The van der Waals surface area contributed by atoms with Gasteiger partial charge in [-0.15, -0.1) is 0 Å². The fraction of sp³-hybridized carbons (Fsp3) is 0.227. The van der Waals surface area contributed by atoms with E-state index in [2.05, 4.69) is 14.8 Å². The molecule has 34 heavy (non-hydrogen) atoms. The highest BCUT2D eigenvalue weighted by atomic mass is 19.3. The molecule has 2 aromatic carbocycles. The van der Waals surface area contributed by atoms with Crippen LogP contribution in [0.4, 0.5) is 14.5 Å². The van der Waals surface area contributed by atoms with Gasteiger partial charge in [-0.05, 0) is 23.8 Å². The average Bonchev–Trinajstić information content (AvgIpc) is 2.80. The number of nitrogens with two attached hydrogens (primary N) is 1. The predicted molar refractivity (Wildman–Crippen MR) is 116 cm³/mol. The zero-order chi connectivity index (χ0) is 25.3. The van der Waals surface area contributed by atoms with E-state index in [-0.39, 0.29) is 35.1 Å². The van der Waals surface area contributed by atoms with Crippen LogP contribution in [-0.2, 0) is 14.3 Å². The largest absolute Gasteiger partial charge is 0.493 e. The summed E-state index contributed by atoms with van der Waals surface area (Å²) in [4.78, 5) is 35.4. The molecule has 0 spiro atoms. The van der Waals surface area contributed by atoms with E-state index >= 15 is 0 Å². The van der Waals surface area contributed by atoms with Crippen LogP contribution in [0, 0.1) is 0 Å². The molecule has 2 rings (SSSR count). The molecule has 0 fully saturated rings. The van der Waals surface area contributed by atoms with E-state index in [0.29, 0.717) is 11.3 Å². The van der Waals surface area contributed by atoms with E-state index in [1.165, 1.54) is 26.4 Å². The molecule has 0 saturated carbocycles. The number of methoxy groups -OCH3 is 3. The minimum atomic E-state index is -3.16. The normalized spacial score (nSPS) is 10.6. The number of primary amides is 1. The van der Waals surface area contributed by atoms with Crippen LogP contribution in [0.2, 0.25) is 0 Å². The Labute approximate surface area is 193 Å². The Balaban J connectivity index is 2.27. The van der Waals surface area contributed by atoms with Crippen LogP contribution in [0.5, 0.6) is 23.0 Å². The summed E-state index contributed by atoms with van der Waals surface area (Å²) in [7, 11) is 3.71. The lowest BCUT2D eigenvalue weighted by Gasteiger charge is -2.15. The first kappa shape index (κ1) is 25.9. The van der Waals surface area contributed by atoms with Crippen LogP contribution in [0.25, 0.3) is 6.08 Å². The molecule has 0 saturated heterocycles. The minimum absolute atomic E-state index is 0.134. The fourth-order valence-corrected chi connectivity index (χ4v) is 2.69. The van der Waals surface area contributed by atoms with E-state index < -0.39 is 24.4 Å². The third-order valence-corrected chi connectivity index (χ3v) is 4.17. The Morgan fingerprint density at radius 3 is 2.26 bits per heavy atom. The van der Waals surface area contributed by atoms with Crippen LogP contribution in [-0.4, -0.2) is 52.3 Å². The SMILES string of the molecule is COC(=O)c1cc(OC)c(OC(F)F)cc1NC(=O)/C=C/c1ccc(OCC(N)=O)c(OC)c1. The zero-order valence-electron chi connectivity index (χ0n) is 18.4. The van der Waals surface area contributed by atoms with E-state index in [9.17, 15) is 23.2 Å². The standard InChI is InChI=1S/C22H22F2N2O8/c1-30-16-8-12(4-6-15(16)33-11-19(25)27)5-7-20(28)26-14-10-18(34-22(23)24)17(31-2)9-13(14)21(29)32-3/h4-10,22H,11H2,1-3H3,(H2,25,27)(H,26,28)/b7-5+. The van der Waals surface area contributed by atoms with Gasteiger partial charge in [-0.25, -0.2) is 4.79 Å². The van der Waals surface area contributed by atoms with Crippen LogP contribution in [0.1, 0.15) is 15.9 Å². The van der Waals surface area contributed by atoms with Gasteiger partial charge in [0.2, 0.25) is 5.91 Å². The number of halogens is 2. The second-order valence-corrected chi connectivity index (χ2v) is 6.41. The molecular formula is C22H22F2N2O8. The summed E-state index contributed by atoms with van der Waals surface area (Å²) in [6.07, 6.45) is 2.56. The summed E-state index contributed by atoms with van der Waals surface area (Å²) in [5.74, 6) is -2.16. The van der Waals surface area contributed by atoms with Crippen molar-refractivity contribution in [3.63, 3.8) is 0 Å². The van der Waals surface area contributed by atoms with Crippen molar-refractivity contribution in [1.82, 2.24) is 0 Å². The van der Waals surface area contributed by atoms with Crippen molar-refractivity contribution in [2.24, 2.45) is 5.73 Å². The maximum Gasteiger partial charge on any atom is 0.387 e. The highest BCUT2D eigenvalue weighted by Gasteiger charge is 2.20. The van der Waals surface area contributed by atoms with Gasteiger partial charge < -0.3 is 34.7 Å². The first-order chi connectivity index (χ1) is 16.2. The Morgan fingerprint density at radius 2 is 1.68 bits per heavy atom. The molecule has 0 radical (unpaired) electrons. The summed E-state index contributed by atoms with van der Waals surface area (Å²) in [5.41, 5.74) is 5.31. The van der Waals surface area contributed by atoms with Crippen LogP contribution in [0.15, 0.2) is 36.4 Å². The summed E-state index contributed by atoms with van der Waals surface area (Å²) < 4.78 is 49.9. The van der Waals surface area contributed by atoms with E-state index in [0.717, 1.165) is 25.3 Å². The molecule has 182 valence electrons. The molecule has 0 heterocycles. The van der Waals surface area contributed by atoms with E-state index in [1.807, 2.05) is 0 Å². The van der Waals surface area contributed by atoms with Crippen LogP contribution in [0.3, 0.4) is 0 Å². The fourth-order valence-electron chi connectivity index (χ4n) is 2.69. The van der Waals surface area contributed by atoms with Crippen molar-refractivity contribution in [2.45, 2.75) is 6.61 Å². The Hall–Kier alpha value is -4.35. The third-order valence-electron chi connectivity index (χ3n) is 4.17. The number of ether oxygens (including phenoxy) is 5. The molecule has 10 nitrogen and oxygen atoms in total. The Bertz CT molecular complexity index is 1090. The van der Waals surface area contributed by atoms with Crippen molar-refractivity contribution in [3.05, 3.63) is 47.5 Å². The third kappa shape index (κ3) is 7.08. The summed E-state index contributed by atoms with van der Waals surface area (Å²) in [6, 6.07) is 6.79. The Kier molecular flexibility index (Phi) is 9.18. The van der Waals surface area contributed by atoms with E-state index in [4.69, 9.17) is 19.9 Å². The van der Waals surface area contributed by atoms with Gasteiger partial charge in [0.15, 0.2) is 29.6 Å². The number of rotatable bonds is 11. The number of nitrogens with one attached hydrogen (secondary N) is 1. The van der Waals surface area contributed by atoms with Crippen molar-refractivity contribution in [1.29, 1.82) is 0 Å². The molecule has 2 amide bonds. The first-order valence-corrected chi connectivity index (χ1v) is 9.51. The zero-order valence-corrected chi connectivity index (χ0v) is 18.4. The average molecular weight is 480 g/mol. The topological polar surface area (TPSA) is 135 Å².